The Bertz CT molecular complexity index is 863. The Morgan fingerprint density at radius 1 is 1.08 bits per heavy atom. The molecule has 0 radical (unpaired) electrons. The summed E-state index contributed by atoms with van der Waals surface area (Å²) in [4.78, 5) is 11.8. The van der Waals surface area contributed by atoms with Gasteiger partial charge in [0.05, 0.1) is 13.5 Å². The van der Waals surface area contributed by atoms with Crippen LogP contribution >= 0.6 is 0 Å². The molecular formula is C18H16FN3O4. The lowest BCUT2D eigenvalue weighted by Gasteiger charge is -2.04. The highest BCUT2D eigenvalue weighted by Crippen LogP contribution is 2.16. The SMILES string of the molecule is COc1ccc(Cc2nnc(NC(=O)COc3ccc(F)cc3)o2)cc1. The van der Waals surface area contributed by atoms with Crippen molar-refractivity contribution in [1.29, 1.82) is 0 Å². The largest absolute Gasteiger partial charge is 0.497 e. The summed E-state index contributed by atoms with van der Waals surface area (Å²) in [6, 6.07) is 12.8. The molecule has 134 valence electrons. The number of nitrogens with one attached hydrogen (secondary N) is 1. The Morgan fingerprint density at radius 2 is 1.77 bits per heavy atom. The van der Waals surface area contributed by atoms with E-state index in [0.29, 0.717) is 18.1 Å². The summed E-state index contributed by atoms with van der Waals surface area (Å²) < 4.78 is 28.5. The molecule has 1 N–H and O–H groups in total. The number of ether oxygens (including phenoxy) is 2. The summed E-state index contributed by atoms with van der Waals surface area (Å²) in [6.45, 7) is -0.262. The van der Waals surface area contributed by atoms with Gasteiger partial charge in [0.15, 0.2) is 6.61 Å². The van der Waals surface area contributed by atoms with Crippen molar-refractivity contribution in [1.82, 2.24) is 10.2 Å². The zero-order chi connectivity index (χ0) is 18.4. The van der Waals surface area contributed by atoms with Gasteiger partial charge in [-0.2, -0.15) is 0 Å². The Kier molecular flexibility index (Phi) is 5.43. The summed E-state index contributed by atoms with van der Waals surface area (Å²) in [5.74, 6) is 0.664. The molecule has 0 atom stereocenters. The molecule has 1 amide bonds. The van der Waals surface area contributed by atoms with Crippen LogP contribution in [0, 0.1) is 5.82 Å². The predicted molar refractivity (Wildman–Crippen MR) is 90.6 cm³/mol. The fraction of sp³-hybridized carbons (Fsp3) is 0.167. The first-order valence-electron chi connectivity index (χ1n) is 7.76. The van der Waals surface area contributed by atoms with Crippen LogP contribution in [0.25, 0.3) is 0 Å². The number of amides is 1. The molecule has 26 heavy (non-hydrogen) atoms. The van der Waals surface area contributed by atoms with Gasteiger partial charge in [0, 0.05) is 0 Å². The molecule has 0 aliphatic rings. The van der Waals surface area contributed by atoms with Crippen LogP contribution in [0.1, 0.15) is 11.5 Å². The molecule has 7 nitrogen and oxygen atoms in total. The summed E-state index contributed by atoms with van der Waals surface area (Å²) in [7, 11) is 1.60. The maximum absolute atomic E-state index is 12.8. The van der Waals surface area contributed by atoms with Gasteiger partial charge in [-0.25, -0.2) is 4.39 Å². The van der Waals surface area contributed by atoms with Gasteiger partial charge in [-0.1, -0.05) is 17.2 Å². The van der Waals surface area contributed by atoms with Crippen LogP contribution in [0.5, 0.6) is 11.5 Å². The number of halogens is 1. The van der Waals surface area contributed by atoms with Crippen molar-refractivity contribution in [3.05, 3.63) is 65.8 Å². The van der Waals surface area contributed by atoms with Gasteiger partial charge in [-0.3, -0.25) is 10.1 Å². The summed E-state index contributed by atoms with van der Waals surface area (Å²) >= 11 is 0. The van der Waals surface area contributed by atoms with E-state index >= 15 is 0 Å². The number of anilines is 1. The first-order valence-corrected chi connectivity index (χ1v) is 7.76. The average Bonchev–Trinajstić information content (AvgIpc) is 3.08. The minimum absolute atomic E-state index is 0.0128. The topological polar surface area (TPSA) is 86.5 Å². The smallest absolute Gasteiger partial charge is 0.322 e. The fourth-order valence-corrected chi connectivity index (χ4v) is 2.13. The third kappa shape index (κ3) is 4.79. The normalized spacial score (nSPS) is 10.4. The Labute approximate surface area is 148 Å². The van der Waals surface area contributed by atoms with E-state index in [2.05, 4.69) is 15.5 Å². The molecule has 0 spiro atoms. The van der Waals surface area contributed by atoms with Gasteiger partial charge in [0.2, 0.25) is 5.89 Å². The zero-order valence-corrected chi connectivity index (χ0v) is 13.9. The molecule has 0 saturated heterocycles. The van der Waals surface area contributed by atoms with E-state index in [4.69, 9.17) is 13.9 Å². The number of hydrogen-bond donors (Lipinski definition) is 1. The van der Waals surface area contributed by atoms with Crippen LogP contribution in [0.2, 0.25) is 0 Å². The average molecular weight is 357 g/mol. The van der Waals surface area contributed by atoms with E-state index in [9.17, 15) is 9.18 Å². The minimum atomic E-state index is -0.464. The van der Waals surface area contributed by atoms with Gasteiger partial charge in [-0.15, -0.1) is 5.10 Å². The lowest BCUT2D eigenvalue weighted by atomic mass is 10.1. The van der Waals surface area contributed by atoms with Crippen LogP contribution in [-0.2, 0) is 11.2 Å². The number of carbonyl (C=O) groups is 1. The van der Waals surface area contributed by atoms with Gasteiger partial charge >= 0.3 is 6.01 Å². The standard InChI is InChI=1S/C18H16FN3O4/c1-24-14-6-2-12(3-7-14)10-17-21-22-18(26-17)20-16(23)11-25-15-8-4-13(19)5-9-15/h2-9H,10-11H2,1H3,(H,20,22,23). The van der Waals surface area contributed by atoms with Gasteiger partial charge in [0.1, 0.15) is 17.3 Å². The van der Waals surface area contributed by atoms with E-state index in [0.717, 1.165) is 11.3 Å². The molecule has 0 bridgehead atoms. The molecule has 0 aliphatic carbocycles. The van der Waals surface area contributed by atoms with Crippen LogP contribution in [0.4, 0.5) is 10.4 Å². The molecule has 0 aliphatic heterocycles. The van der Waals surface area contributed by atoms with E-state index in [-0.39, 0.29) is 18.4 Å². The Morgan fingerprint density at radius 3 is 2.46 bits per heavy atom. The van der Waals surface area contributed by atoms with Crippen LogP contribution < -0.4 is 14.8 Å². The maximum Gasteiger partial charge on any atom is 0.322 e. The van der Waals surface area contributed by atoms with Crippen molar-refractivity contribution in [2.24, 2.45) is 0 Å². The zero-order valence-electron chi connectivity index (χ0n) is 13.9. The lowest BCUT2D eigenvalue weighted by Crippen LogP contribution is -2.20. The summed E-state index contributed by atoms with van der Waals surface area (Å²) in [6.07, 6.45) is 0.430. The van der Waals surface area contributed by atoms with Gasteiger partial charge in [0.25, 0.3) is 5.91 Å². The van der Waals surface area contributed by atoms with Crippen LogP contribution in [0.3, 0.4) is 0 Å². The molecular weight excluding hydrogens is 341 g/mol. The number of hydrogen-bond acceptors (Lipinski definition) is 6. The van der Waals surface area contributed by atoms with E-state index in [1.165, 1.54) is 24.3 Å². The third-order valence-corrected chi connectivity index (χ3v) is 3.41. The van der Waals surface area contributed by atoms with Crippen LogP contribution in [-0.4, -0.2) is 29.8 Å². The quantitative estimate of drug-likeness (QED) is 0.700. The minimum Gasteiger partial charge on any atom is -0.497 e. The lowest BCUT2D eigenvalue weighted by molar-refractivity contribution is -0.118. The Balaban J connectivity index is 1.50. The molecule has 0 fully saturated rings. The van der Waals surface area contributed by atoms with Gasteiger partial charge in [-0.05, 0) is 42.0 Å². The molecule has 3 rings (SSSR count). The molecule has 0 saturated carbocycles. The molecule has 1 aromatic heterocycles. The molecule has 3 aromatic rings. The molecule has 0 unspecified atom stereocenters. The third-order valence-electron chi connectivity index (χ3n) is 3.41. The van der Waals surface area contributed by atoms with Crippen molar-refractivity contribution >= 4 is 11.9 Å². The number of methoxy groups -OCH3 is 1. The number of nitrogens with zero attached hydrogens (tertiary/aromatic N) is 2. The van der Waals surface area contributed by atoms with Crippen molar-refractivity contribution in [3.8, 4) is 11.5 Å². The highest BCUT2D eigenvalue weighted by Gasteiger charge is 2.11. The molecule has 8 heteroatoms. The van der Waals surface area contributed by atoms with Crippen LogP contribution in [0.15, 0.2) is 52.9 Å². The Hall–Kier alpha value is -3.42. The number of aromatic nitrogens is 2. The number of benzene rings is 2. The van der Waals surface area contributed by atoms with Gasteiger partial charge < -0.3 is 13.9 Å². The predicted octanol–water partition coefficient (Wildman–Crippen LogP) is 2.83. The van der Waals surface area contributed by atoms with E-state index < -0.39 is 5.91 Å². The van der Waals surface area contributed by atoms with Crippen molar-refractivity contribution in [3.63, 3.8) is 0 Å². The monoisotopic (exact) mass is 357 g/mol. The molecule has 1 heterocycles. The van der Waals surface area contributed by atoms with Crippen molar-refractivity contribution < 1.29 is 23.1 Å². The summed E-state index contributed by atoms with van der Waals surface area (Å²) in [5.41, 5.74) is 0.965. The second-order valence-electron chi connectivity index (χ2n) is 5.32. The number of carbonyl (C=O) groups excluding carboxylic acids is 1. The highest BCUT2D eigenvalue weighted by molar-refractivity contribution is 5.89. The van der Waals surface area contributed by atoms with Crippen molar-refractivity contribution in [2.45, 2.75) is 6.42 Å². The first kappa shape index (κ1) is 17.4. The second-order valence-corrected chi connectivity index (χ2v) is 5.32. The highest BCUT2D eigenvalue weighted by atomic mass is 19.1. The van der Waals surface area contributed by atoms with E-state index in [1.807, 2.05) is 24.3 Å². The molecule has 2 aromatic carbocycles. The van der Waals surface area contributed by atoms with E-state index in [1.54, 1.807) is 7.11 Å². The maximum atomic E-state index is 12.8. The summed E-state index contributed by atoms with van der Waals surface area (Å²) in [5, 5.41) is 10.1. The fourth-order valence-electron chi connectivity index (χ4n) is 2.13. The second kappa shape index (κ2) is 8.11. The first-order chi connectivity index (χ1) is 12.6. The number of rotatable bonds is 7. The van der Waals surface area contributed by atoms with Crippen molar-refractivity contribution in [2.75, 3.05) is 19.0 Å².